The van der Waals surface area contributed by atoms with Crippen molar-refractivity contribution >= 4 is 10.9 Å². The average molecular weight is 219 g/mol. The minimum absolute atomic E-state index is 0.591. The summed E-state index contributed by atoms with van der Waals surface area (Å²) in [5.41, 5.74) is 1.52. The second kappa shape index (κ2) is 3.76. The van der Waals surface area contributed by atoms with E-state index in [1.165, 1.54) is 0 Å². The van der Waals surface area contributed by atoms with Crippen LogP contribution in [0, 0.1) is 11.3 Å². The number of hydrogen-bond donors (Lipinski definition) is 0. The van der Waals surface area contributed by atoms with Gasteiger partial charge in [-0.3, -0.25) is 4.57 Å². The normalized spacial score (nSPS) is 10.3. The van der Waals surface area contributed by atoms with Crippen LogP contribution in [0.3, 0.4) is 0 Å². The molecule has 0 aliphatic heterocycles. The molecule has 17 heavy (non-hydrogen) atoms. The van der Waals surface area contributed by atoms with Gasteiger partial charge in [0.2, 0.25) is 0 Å². The Morgan fingerprint density at radius 1 is 1.00 bits per heavy atom. The third-order valence-electron chi connectivity index (χ3n) is 2.69. The molecule has 3 rings (SSSR count). The number of benzene rings is 1. The van der Waals surface area contributed by atoms with Gasteiger partial charge in [0.15, 0.2) is 0 Å². The minimum atomic E-state index is 0.591. The highest BCUT2D eigenvalue weighted by molar-refractivity contribution is 5.79. The first-order chi connectivity index (χ1) is 8.38. The maximum absolute atomic E-state index is 8.98. The van der Waals surface area contributed by atoms with E-state index >= 15 is 0 Å². The van der Waals surface area contributed by atoms with E-state index in [0.29, 0.717) is 5.69 Å². The van der Waals surface area contributed by atoms with Gasteiger partial charge in [0, 0.05) is 11.6 Å². The van der Waals surface area contributed by atoms with Gasteiger partial charge in [-0.05, 0) is 30.3 Å². The second-order valence-electron chi connectivity index (χ2n) is 3.74. The summed E-state index contributed by atoms with van der Waals surface area (Å²) in [7, 11) is 0. The van der Waals surface area contributed by atoms with Crippen LogP contribution < -0.4 is 0 Å². The van der Waals surface area contributed by atoms with Gasteiger partial charge in [0.1, 0.15) is 17.6 Å². The maximum Gasteiger partial charge on any atom is 0.138 e. The number of rotatable bonds is 1. The van der Waals surface area contributed by atoms with Crippen molar-refractivity contribution in [1.82, 2.24) is 9.55 Å². The average Bonchev–Trinajstić information content (AvgIpc) is 2.86. The van der Waals surface area contributed by atoms with E-state index in [4.69, 9.17) is 5.26 Å². The quantitative estimate of drug-likeness (QED) is 0.631. The van der Waals surface area contributed by atoms with Crippen LogP contribution in [0.25, 0.3) is 16.7 Å². The molecule has 0 unspecified atom stereocenters. The van der Waals surface area contributed by atoms with E-state index in [-0.39, 0.29) is 0 Å². The van der Waals surface area contributed by atoms with Crippen molar-refractivity contribution in [3.63, 3.8) is 0 Å². The van der Waals surface area contributed by atoms with Gasteiger partial charge in [0.05, 0.1) is 5.52 Å². The zero-order valence-electron chi connectivity index (χ0n) is 9.04. The van der Waals surface area contributed by atoms with Crippen molar-refractivity contribution in [2.24, 2.45) is 0 Å². The van der Waals surface area contributed by atoms with Gasteiger partial charge in [-0.25, -0.2) is 4.98 Å². The highest BCUT2D eigenvalue weighted by atomic mass is 15.1. The Kier molecular flexibility index (Phi) is 2.13. The fourth-order valence-corrected chi connectivity index (χ4v) is 1.86. The summed E-state index contributed by atoms with van der Waals surface area (Å²) >= 11 is 0. The summed E-state index contributed by atoms with van der Waals surface area (Å²) < 4.78 is 1.78. The summed E-state index contributed by atoms with van der Waals surface area (Å²) in [4.78, 5) is 4.54. The van der Waals surface area contributed by atoms with Gasteiger partial charge in [-0.15, -0.1) is 0 Å². The first kappa shape index (κ1) is 9.61. The summed E-state index contributed by atoms with van der Waals surface area (Å²) in [6, 6.07) is 17.6. The number of para-hydroxylation sites is 1. The molecule has 0 fully saturated rings. The Hall–Kier alpha value is -2.60. The van der Waals surface area contributed by atoms with Crippen LogP contribution in [0.4, 0.5) is 0 Å². The van der Waals surface area contributed by atoms with Crippen LogP contribution in [0.5, 0.6) is 0 Å². The summed E-state index contributed by atoms with van der Waals surface area (Å²) in [5, 5.41) is 10.1. The van der Waals surface area contributed by atoms with E-state index in [1.807, 2.05) is 48.7 Å². The van der Waals surface area contributed by atoms with Crippen molar-refractivity contribution in [3.05, 3.63) is 60.4 Å². The van der Waals surface area contributed by atoms with E-state index in [9.17, 15) is 0 Å². The fourth-order valence-electron chi connectivity index (χ4n) is 1.86. The highest BCUT2D eigenvalue weighted by Gasteiger charge is 2.04. The van der Waals surface area contributed by atoms with Crippen LogP contribution in [0.15, 0.2) is 54.7 Å². The van der Waals surface area contributed by atoms with Crippen molar-refractivity contribution in [3.8, 4) is 11.9 Å². The number of nitrogens with zero attached hydrogens (tertiary/aromatic N) is 3. The lowest BCUT2D eigenvalue weighted by Crippen LogP contribution is -1.98. The second-order valence-corrected chi connectivity index (χ2v) is 3.74. The monoisotopic (exact) mass is 219 g/mol. The Labute approximate surface area is 98.6 Å². The maximum atomic E-state index is 8.98. The molecule has 0 aliphatic carbocycles. The summed E-state index contributed by atoms with van der Waals surface area (Å²) in [5.74, 6) is 0.769. The third-order valence-corrected chi connectivity index (χ3v) is 2.69. The number of nitriles is 1. The van der Waals surface area contributed by atoms with Gasteiger partial charge < -0.3 is 0 Å². The number of fused-ring (bicyclic) bond motifs is 1. The third kappa shape index (κ3) is 1.56. The molecule has 0 amide bonds. The molecule has 3 heteroatoms. The van der Waals surface area contributed by atoms with Crippen LogP contribution in [0.1, 0.15) is 5.69 Å². The lowest BCUT2D eigenvalue weighted by atomic mass is 10.2. The predicted octanol–water partition coefficient (Wildman–Crippen LogP) is 2.90. The number of aromatic nitrogens is 2. The van der Waals surface area contributed by atoms with Gasteiger partial charge in [0.25, 0.3) is 0 Å². The molecule has 80 valence electrons. The first-order valence-corrected chi connectivity index (χ1v) is 5.32. The molecule has 0 radical (unpaired) electrons. The molecule has 0 saturated heterocycles. The van der Waals surface area contributed by atoms with Gasteiger partial charge >= 0.3 is 0 Å². The first-order valence-electron chi connectivity index (χ1n) is 5.32. The topological polar surface area (TPSA) is 41.6 Å². The summed E-state index contributed by atoms with van der Waals surface area (Å²) in [6.45, 7) is 0. The molecule has 2 heterocycles. The molecule has 3 nitrogen and oxygen atoms in total. The predicted molar refractivity (Wildman–Crippen MR) is 65.8 cm³/mol. The zero-order valence-corrected chi connectivity index (χ0v) is 9.04. The Balaban J connectivity index is 2.22. The lowest BCUT2D eigenvalue weighted by Gasteiger charge is -2.05. The minimum Gasteiger partial charge on any atom is -0.293 e. The van der Waals surface area contributed by atoms with Crippen LogP contribution in [-0.4, -0.2) is 9.55 Å². The van der Waals surface area contributed by atoms with Crippen molar-refractivity contribution in [1.29, 1.82) is 5.26 Å². The Morgan fingerprint density at radius 2 is 1.88 bits per heavy atom. The summed E-state index contributed by atoms with van der Waals surface area (Å²) in [6.07, 6.45) is 1.84. The molecule has 0 N–H and O–H groups in total. The van der Waals surface area contributed by atoms with Crippen molar-refractivity contribution < 1.29 is 0 Å². The van der Waals surface area contributed by atoms with E-state index in [1.54, 1.807) is 10.6 Å². The Bertz CT molecular complexity index is 719. The molecule has 0 spiro atoms. The molecule has 3 aromatic rings. The van der Waals surface area contributed by atoms with Crippen LogP contribution in [0.2, 0.25) is 0 Å². The smallest absolute Gasteiger partial charge is 0.138 e. The standard InChI is InChI=1S/C14H9N3/c15-10-12-5-3-9-17(12)14-8-7-11-4-1-2-6-13(11)16-14/h1-9H. The Morgan fingerprint density at radius 3 is 2.76 bits per heavy atom. The van der Waals surface area contributed by atoms with E-state index in [2.05, 4.69) is 11.1 Å². The van der Waals surface area contributed by atoms with Crippen molar-refractivity contribution in [2.75, 3.05) is 0 Å². The molecule has 2 aromatic heterocycles. The number of pyridine rings is 1. The van der Waals surface area contributed by atoms with Crippen LogP contribution in [-0.2, 0) is 0 Å². The van der Waals surface area contributed by atoms with Gasteiger partial charge in [-0.2, -0.15) is 5.26 Å². The molecule has 0 bridgehead atoms. The molecule has 0 aliphatic rings. The molecular formula is C14H9N3. The zero-order chi connectivity index (χ0) is 11.7. The largest absolute Gasteiger partial charge is 0.293 e. The lowest BCUT2D eigenvalue weighted by molar-refractivity contribution is 1.00. The molecule has 0 atom stereocenters. The molecule has 0 saturated carbocycles. The number of hydrogen-bond acceptors (Lipinski definition) is 2. The van der Waals surface area contributed by atoms with E-state index in [0.717, 1.165) is 16.7 Å². The SMILES string of the molecule is N#Cc1cccn1-c1ccc2ccccc2n1. The molecular weight excluding hydrogens is 210 g/mol. The fraction of sp³-hybridized carbons (Fsp3) is 0. The highest BCUT2D eigenvalue weighted by Crippen LogP contribution is 2.15. The molecule has 1 aromatic carbocycles. The van der Waals surface area contributed by atoms with Gasteiger partial charge in [-0.1, -0.05) is 18.2 Å². The van der Waals surface area contributed by atoms with Crippen LogP contribution >= 0.6 is 0 Å². The van der Waals surface area contributed by atoms with E-state index < -0.39 is 0 Å². The van der Waals surface area contributed by atoms with Crippen molar-refractivity contribution in [2.45, 2.75) is 0 Å².